The van der Waals surface area contributed by atoms with E-state index in [2.05, 4.69) is 34.0 Å². The molecule has 0 aliphatic carbocycles. The molecule has 6 heteroatoms. The van der Waals surface area contributed by atoms with Crippen molar-refractivity contribution < 1.29 is 4.74 Å². The third-order valence-electron chi connectivity index (χ3n) is 3.67. The largest absolute Gasteiger partial charge is 0.379 e. The monoisotopic (exact) mass is 382 g/mol. The summed E-state index contributed by atoms with van der Waals surface area (Å²) in [4.78, 5) is 9.53. The lowest BCUT2D eigenvalue weighted by Crippen LogP contribution is -2.46. The Morgan fingerprint density at radius 3 is 2.63 bits per heavy atom. The van der Waals surface area contributed by atoms with Gasteiger partial charge in [0.25, 0.3) is 0 Å². The van der Waals surface area contributed by atoms with Crippen LogP contribution in [0.5, 0.6) is 0 Å². The first-order valence-electron chi connectivity index (χ1n) is 7.20. The van der Waals surface area contributed by atoms with Crippen molar-refractivity contribution in [1.82, 2.24) is 15.1 Å². The van der Waals surface area contributed by atoms with Crippen LogP contribution < -0.4 is 5.32 Å². The summed E-state index contributed by atoms with van der Waals surface area (Å²) in [6, 6.07) is 0.676. The van der Waals surface area contributed by atoms with E-state index in [1.54, 1.807) is 0 Å². The molecular weight excluding hydrogens is 355 g/mol. The molecule has 0 amide bonds. The molecule has 1 unspecified atom stereocenters. The van der Waals surface area contributed by atoms with Crippen molar-refractivity contribution in [1.29, 1.82) is 0 Å². The molecule has 1 atom stereocenters. The van der Waals surface area contributed by atoms with Crippen LogP contribution in [0.1, 0.15) is 20.3 Å². The van der Waals surface area contributed by atoms with Gasteiger partial charge in [-0.2, -0.15) is 0 Å². The van der Waals surface area contributed by atoms with Gasteiger partial charge in [-0.1, -0.05) is 0 Å². The molecule has 0 radical (unpaired) electrons. The summed E-state index contributed by atoms with van der Waals surface area (Å²) in [6.07, 6.45) is 1.24. The highest BCUT2D eigenvalue weighted by atomic mass is 127. The van der Waals surface area contributed by atoms with Crippen LogP contribution in [0.4, 0.5) is 0 Å². The van der Waals surface area contributed by atoms with E-state index < -0.39 is 0 Å². The first-order valence-corrected chi connectivity index (χ1v) is 7.20. The zero-order chi connectivity index (χ0) is 12.8. The zero-order valence-corrected chi connectivity index (χ0v) is 14.4. The topological polar surface area (TPSA) is 40.1 Å². The van der Waals surface area contributed by atoms with Crippen LogP contribution in [-0.4, -0.2) is 74.3 Å². The van der Waals surface area contributed by atoms with E-state index in [1.165, 1.54) is 6.42 Å². The molecule has 2 aliphatic heterocycles. The third kappa shape index (κ3) is 4.75. The predicted octanol–water partition coefficient (Wildman–Crippen LogP) is 0.996. The summed E-state index contributed by atoms with van der Waals surface area (Å²) in [7, 11) is 0. The van der Waals surface area contributed by atoms with Crippen LogP contribution in [0, 0.1) is 0 Å². The highest BCUT2D eigenvalue weighted by Crippen LogP contribution is 2.16. The molecular formula is C13H27IN4O. The van der Waals surface area contributed by atoms with E-state index in [-0.39, 0.29) is 24.0 Å². The van der Waals surface area contributed by atoms with Crippen LogP contribution in [0.3, 0.4) is 0 Å². The molecule has 0 aromatic carbocycles. The molecule has 2 fully saturated rings. The van der Waals surface area contributed by atoms with E-state index in [4.69, 9.17) is 4.74 Å². The number of halogens is 1. The second-order valence-corrected chi connectivity index (χ2v) is 4.87. The van der Waals surface area contributed by atoms with E-state index in [9.17, 15) is 0 Å². The molecule has 2 heterocycles. The Hall–Kier alpha value is -0.0800. The van der Waals surface area contributed by atoms with Crippen molar-refractivity contribution in [2.24, 2.45) is 4.99 Å². The minimum Gasteiger partial charge on any atom is -0.379 e. The molecule has 19 heavy (non-hydrogen) atoms. The molecule has 5 nitrogen and oxygen atoms in total. The highest BCUT2D eigenvalue weighted by Gasteiger charge is 2.29. The van der Waals surface area contributed by atoms with Crippen molar-refractivity contribution in [3.8, 4) is 0 Å². The summed E-state index contributed by atoms with van der Waals surface area (Å²) in [5.74, 6) is 1.08. The molecule has 0 aromatic rings. The molecule has 2 saturated heterocycles. The lowest BCUT2D eigenvalue weighted by molar-refractivity contribution is 0.0195. The molecule has 112 valence electrons. The van der Waals surface area contributed by atoms with Crippen LogP contribution in [0.2, 0.25) is 0 Å². The van der Waals surface area contributed by atoms with Crippen molar-refractivity contribution >= 4 is 29.9 Å². The second-order valence-electron chi connectivity index (χ2n) is 4.87. The fourth-order valence-corrected chi connectivity index (χ4v) is 2.75. The molecule has 2 rings (SSSR count). The fourth-order valence-electron chi connectivity index (χ4n) is 2.75. The Balaban J connectivity index is 0.00000180. The van der Waals surface area contributed by atoms with Crippen LogP contribution >= 0.6 is 24.0 Å². The number of rotatable bonds is 3. The minimum atomic E-state index is 0. The average molecular weight is 382 g/mol. The van der Waals surface area contributed by atoms with Crippen LogP contribution in [0.25, 0.3) is 0 Å². The summed E-state index contributed by atoms with van der Waals surface area (Å²) >= 11 is 0. The van der Waals surface area contributed by atoms with Crippen molar-refractivity contribution in [3.63, 3.8) is 0 Å². The van der Waals surface area contributed by atoms with Gasteiger partial charge in [0, 0.05) is 45.3 Å². The Morgan fingerprint density at radius 1 is 1.26 bits per heavy atom. The van der Waals surface area contributed by atoms with Gasteiger partial charge in [0.05, 0.1) is 13.2 Å². The molecule has 0 aromatic heterocycles. The quantitative estimate of drug-likeness (QED) is 0.449. The Bertz CT molecular complexity index is 282. The van der Waals surface area contributed by atoms with E-state index in [0.717, 1.165) is 58.4 Å². The zero-order valence-electron chi connectivity index (χ0n) is 12.1. The minimum absolute atomic E-state index is 0. The number of aliphatic imine (C=N–C) groups is 1. The number of hydrogen-bond donors (Lipinski definition) is 1. The van der Waals surface area contributed by atoms with Gasteiger partial charge >= 0.3 is 0 Å². The van der Waals surface area contributed by atoms with E-state index >= 15 is 0 Å². The Kier molecular flexibility index (Phi) is 8.01. The number of nitrogens with one attached hydrogen (secondary N) is 1. The van der Waals surface area contributed by atoms with Gasteiger partial charge in [0.2, 0.25) is 0 Å². The van der Waals surface area contributed by atoms with E-state index in [1.807, 2.05) is 0 Å². The summed E-state index contributed by atoms with van der Waals surface area (Å²) in [5.41, 5.74) is 0. The standard InChI is InChI=1S/C13H26N4O.HI/c1-3-14-13(15-4-2)17-6-5-12(11-17)16-7-9-18-10-8-16;/h12H,3-11H2,1-2H3,(H,14,15);1H. The second kappa shape index (κ2) is 8.97. The lowest BCUT2D eigenvalue weighted by atomic mass is 10.2. The fraction of sp³-hybridized carbons (Fsp3) is 0.923. The SMILES string of the molecule is CCN=C(NCC)N1CCC(N2CCOCC2)C1.I. The van der Waals surface area contributed by atoms with Crippen LogP contribution in [0.15, 0.2) is 4.99 Å². The van der Waals surface area contributed by atoms with Crippen molar-refractivity contribution in [3.05, 3.63) is 0 Å². The average Bonchev–Trinajstić information content (AvgIpc) is 2.89. The maximum absolute atomic E-state index is 5.42. The number of morpholine rings is 1. The van der Waals surface area contributed by atoms with Gasteiger partial charge in [0.15, 0.2) is 5.96 Å². The highest BCUT2D eigenvalue weighted by molar-refractivity contribution is 14.0. The number of nitrogens with zero attached hydrogens (tertiary/aromatic N) is 3. The van der Waals surface area contributed by atoms with Gasteiger partial charge in [-0.15, -0.1) is 24.0 Å². The van der Waals surface area contributed by atoms with Gasteiger partial charge < -0.3 is 15.0 Å². The predicted molar refractivity (Wildman–Crippen MR) is 89.4 cm³/mol. The summed E-state index contributed by atoms with van der Waals surface area (Å²) in [6.45, 7) is 12.2. The summed E-state index contributed by atoms with van der Waals surface area (Å²) < 4.78 is 5.42. The van der Waals surface area contributed by atoms with Gasteiger partial charge in [0.1, 0.15) is 0 Å². The molecule has 1 N–H and O–H groups in total. The van der Waals surface area contributed by atoms with Gasteiger partial charge in [-0.05, 0) is 20.3 Å². The number of guanidine groups is 1. The first-order chi connectivity index (χ1) is 8.85. The Labute approximate surface area is 133 Å². The first kappa shape index (κ1) is 17.0. The third-order valence-corrected chi connectivity index (χ3v) is 3.67. The van der Waals surface area contributed by atoms with Crippen molar-refractivity contribution in [2.45, 2.75) is 26.3 Å². The smallest absolute Gasteiger partial charge is 0.193 e. The maximum atomic E-state index is 5.42. The molecule has 2 aliphatic rings. The maximum Gasteiger partial charge on any atom is 0.193 e. The summed E-state index contributed by atoms with van der Waals surface area (Å²) in [5, 5.41) is 3.38. The lowest BCUT2D eigenvalue weighted by Gasteiger charge is -2.32. The van der Waals surface area contributed by atoms with E-state index in [0.29, 0.717) is 6.04 Å². The number of ether oxygens (including phenoxy) is 1. The van der Waals surface area contributed by atoms with Gasteiger partial charge in [-0.25, -0.2) is 0 Å². The van der Waals surface area contributed by atoms with Crippen molar-refractivity contribution in [2.75, 3.05) is 52.5 Å². The molecule has 0 spiro atoms. The Morgan fingerprint density at radius 2 is 2.00 bits per heavy atom. The normalized spacial score (nSPS) is 25.3. The molecule has 0 saturated carbocycles. The molecule has 0 bridgehead atoms. The number of hydrogen-bond acceptors (Lipinski definition) is 3. The number of likely N-dealkylation sites (tertiary alicyclic amines) is 1. The van der Waals surface area contributed by atoms with Gasteiger partial charge in [-0.3, -0.25) is 9.89 Å². The van der Waals surface area contributed by atoms with Crippen LogP contribution in [-0.2, 0) is 4.74 Å².